The van der Waals surface area contributed by atoms with Crippen molar-refractivity contribution in [3.8, 4) is 5.75 Å². The van der Waals surface area contributed by atoms with Crippen molar-refractivity contribution in [1.29, 1.82) is 0 Å². The van der Waals surface area contributed by atoms with Gasteiger partial charge >= 0.3 is 12.3 Å². The number of aliphatic carboxylic acids is 1. The molecule has 1 unspecified atom stereocenters. The van der Waals surface area contributed by atoms with E-state index in [9.17, 15) is 27.9 Å². The summed E-state index contributed by atoms with van der Waals surface area (Å²) >= 11 is 0. The molecule has 24 heavy (non-hydrogen) atoms. The number of alkyl halides is 3. The second kappa shape index (κ2) is 8.03. The lowest BCUT2D eigenvalue weighted by molar-refractivity contribution is -0.274. The number of carbonyl (C=O) groups excluding carboxylic acids is 1. The molecule has 0 aliphatic heterocycles. The van der Waals surface area contributed by atoms with Crippen LogP contribution in [0, 0.1) is 0 Å². The summed E-state index contributed by atoms with van der Waals surface area (Å²) in [5.41, 5.74) is -0.678. The van der Waals surface area contributed by atoms with Gasteiger partial charge in [0.15, 0.2) is 0 Å². The highest BCUT2D eigenvalue weighted by Crippen LogP contribution is 2.23. The first-order valence-corrected chi connectivity index (χ1v) is 7.45. The lowest BCUT2D eigenvalue weighted by Gasteiger charge is -2.25. The highest BCUT2D eigenvalue weighted by atomic mass is 19.4. The summed E-state index contributed by atoms with van der Waals surface area (Å²) in [5.74, 6) is -1.87. The number of benzene rings is 1. The van der Waals surface area contributed by atoms with Crippen molar-refractivity contribution < 1.29 is 32.6 Å². The number of carboxylic acids is 1. The van der Waals surface area contributed by atoms with Gasteiger partial charge in [0.2, 0.25) is 5.91 Å². The largest absolute Gasteiger partial charge is 0.573 e. The van der Waals surface area contributed by atoms with E-state index in [0.29, 0.717) is 18.4 Å². The maximum absolute atomic E-state index is 12.1. The molecule has 1 aromatic rings. The van der Waals surface area contributed by atoms with Crippen molar-refractivity contribution in [2.75, 3.05) is 0 Å². The monoisotopic (exact) mass is 347 g/mol. The Labute approximate surface area is 137 Å². The maximum atomic E-state index is 12.1. The zero-order chi connectivity index (χ0) is 18.4. The minimum atomic E-state index is -4.75. The molecule has 5 nitrogen and oxygen atoms in total. The predicted octanol–water partition coefficient (Wildman–Crippen LogP) is 3.28. The number of halogens is 3. The summed E-state index contributed by atoms with van der Waals surface area (Å²) in [5, 5.41) is 11.7. The summed E-state index contributed by atoms with van der Waals surface area (Å²) in [7, 11) is 0. The van der Waals surface area contributed by atoms with Crippen LogP contribution in [-0.2, 0) is 16.0 Å². The second-order valence-electron chi connectivity index (χ2n) is 5.63. The summed E-state index contributed by atoms with van der Waals surface area (Å²) < 4.78 is 39.9. The van der Waals surface area contributed by atoms with Crippen LogP contribution in [0.15, 0.2) is 24.3 Å². The maximum Gasteiger partial charge on any atom is 0.573 e. The van der Waals surface area contributed by atoms with Gasteiger partial charge in [-0.05, 0) is 37.5 Å². The fraction of sp³-hybridized carbons (Fsp3) is 0.500. The van der Waals surface area contributed by atoms with Crippen LogP contribution in [0.2, 0.25) is 0 Å². The number of hydrogen-bond acceptors (Lipinski definition) is 3. The third-order valence-electron chi connectivity index (χ3n) is 3.43. The van der Waals surface area contributed by atoms with E-state index in [4.69, 9.17) is 0 Å². The number of ether oxygens (including phenoxy) is 1. The molecule has 0 heterocycles. The Morgan fingerprint density at radius 1 is 1.21 bits per heavy atom. The Kier molecular flexibility index (Phi) is 6.62. The van der Waals surface area contributed by atoms with Crippen LogP contribution in [0.1, 0.15) is 38.7 Å². The topological polar surface area (TPSA) is 75.6 Å². The molecule has 1 atom stereocenters. The van der Waals surface area contributed by atoms with Gasteiger partial charge in [0, 0.05) is 6.42 Å². The molecule has 1 rings (SSSR count). The first kappa shape index (κ1) is 19.8. The van der Waals surface area contributed by atoms with E-state index in [-0.39, 0.29) is 18.6 Å². The minimum Gasteiger partial charge on any atom is -0.480 e. The van der Waals surface area contributed by atoms with Crippen LogP contribution in [0.25, 0.3) is 0 Å². The molecule has 1 amide bonds. The van der Waals surface area contributed by atoms with Gasteiger partial charge in [-0.25, -0.2) is 4.79 Å². The van der Waals surface area contributed by atoms with Crippen molar-refractivity contribution >= 4 is 11.9 Å². The zero-order valence-electron chi connectivity index (χ0n) is 13.4. The van der Waals surface area contributed by atoms with Gasteiger partial charge in [0.05, 0.1) is 0 Å². The van der Waals surface area contributed by atoms with Crippen LogP contribution in [-0.4, -0.2) is 28.9 Å². The molecule has 0 aromatic heterocycles. The van der Waals surface area contributed by atoms with E-state index in [1.165, 1.54) is 31.2 Å². The van der Waals surface area contributed by atoms with E-state index in [0.717, 1.165) is 0 Å². The molecule has 0 aliphatic carbocycles. The normalized spacial score (nSPS) is 13.9. The SMILES string of the molecule is CCCC(C)(NC(=O)CCc1ccc(OC(F)(F)F)cc1)C(=O)O. The molecule has 8 heteroatoms. The molecule has 0 saturated carbocycles. The number of carboxylic acid groups (broad SMARTS) is 1. The molecule has 1 aromatic carbocycles. The molecule has 2 N–H and O–H groups in total. The van der Waals surface area contributed by atoms with Gasteiger partial charge in [0.1, 0.15) is 11.3 Å². The lowest BCUT2D eigenvalue weighted by atomic mass is 9.96. The van der Waals surface area contributed by atoms with Crippen molar-refractivity contribution in [2.24, 2.45) is 0 Å². The van der Waals surface area contributed by atoms with E-state index in [2.05, 4.69) is 10.1 Å². The number of hydrogen-bond donors (Lipinski definition) is 2. The molecule has 0 spiro atoms. The quantitative estimate of drug-likeness (QED) is 0.757. The first-order chi connectivity index (χ1) is 11.1. The number of amides is 1. The molecule has 134 valence electrons. The van der Waals surface area contributed by atoms with Crippen LogP contribution >= 0.6 is 0 Å². The van der Waals surface area contributed by atoms with Crippen molar-refractivity contribution in [3.05, 3.63) is 29.8 Å². The molecule has 0 aliphatic rings. The number of aryl methyl sites for hydroxylation is 1. The lowest BCUT2D eigenvalue weighted by Crippen LogP contribution is -2.52. The van der Waals surface area contributed by atoms with Crippen molar-refractivity contribution in [1.82, 2.24) is 5.32 Å². The number of nitrogens with one attached hydrogen (secondary N) is 1. The van der Waals surface area contributed by atoms with Gasteiger partial charge in [-0.2, -0.15) is 0 Å². The standard InChI is InChI=1S/C16H20F3NO4/c1-3-10-15(2,14(22)23)20-13(21)9-6-11-4-7-12(8-5-11)24-16(17,18)19/h4-5,7-8H,3,6,9-10H2,1-2H3,(H,20,21)(H,22,23). The first-order valence-electron chi connectivity index (χ1n) is 7.45. The summed E-state index contributed by atoms with van der Waals surface area (Å²) in [6.45, 7) is 3.26. The Hall–Kier alpha value is -2.25. The van der Waals surface area contributed by atoms with Crippen LogP contribution in [0.3, 0.4) is 0 Å². The predicted molar refractivity (Wildman–Crippen MR) is 80.5 cm³/mol. The van der Waals surface area contributed by atoms with Crippen LogP contribution in [0.4, 0.5) is 13.2 Å². The fourth-order valence-corrected chi connectivity index (χ4v) is 2.21. The van der Waals surface area contributed by atoms with E-state index in [1.807, 2.05) is 6.92 Å². The molecule has 0 bridgehead atoms. The van der Waals surface area contributed by atoms with E-state index in [1.54, 1.807) is 0 Å². The van der Waals surface area contributed by atoms with Crippen LogP contribution < -0.4 is 10.1 Å². The Balaban J connectivity index is 2.56. The smallest absolute Gasteiger partial charge is 0.480 e. The van der Waals surface area contributed by atoms with E-state index < -0.39 is 23.8 Å². The molecular formula is C16H20F3NO4. The third kappa shape index (κ3) is 6.47. The third-order valence-corrected chi connectivity index (χ3v) is 3.43. The fourth-order valence-electron chi connectivity index (χ4n) is 2.21. The average molecular weight is 347 g/mol. The second-order valence-corrected chi connectivity index (χ2v) is 5.63. The van der Waals surface area contributed by atoms with Gasteiger partial charge < -0.3 is 15.2 Å². The average Bonchev–Trinajstić information content (AvgIpc) is 2.45. The van der Waals surface area contributed by atoms with E-state index >= 15 is 0 Å². The Bertz CT molecular complexity index is 572. The molecule has 0 saturated heterocycles. The summed E-state index contributed by atoms with van der Waals surface area (Å²) in [6.07, 6.45) is -3.53. The van der Waals surface area contributed by atoms with Gasteiger partial charge in [-0.3, -0.25) is 4.79 Å². The highest BCUT2D eigenvalue weighted by Gasteiger charge is 2.33. The Morgan fingerprint density at radius 3 is 2.25 bits per heavy atom. The highest BCUT2D eigenvalue weighted by molar-refractivity contribution is 5.86. The van der Waals surface area contributed by atoms with Gasteiger partial charge in [0.25, 0.3) is 0 Å². The minimum absolute atomic E-state index is 0.0338. The van der Waals surface area contributed by atoms with Crippen LogP contribution in [0.5, 0.6) is 5.75 Å². The van der Waals surface area contributed by atoms with Crippen molar-refractivity contribution in [2.45, 2.75) is 51.4 Å². The van der Waals surface area contributed by atoms with Gasteiger partial charge in [-0.15, -0.1) is 13.2 Å². The Morgan fingerprint density at radius 2 is 1.79 bits per heavy atom. The molecule has 0 fully saturated rings. The molecular weight excluding hydrogens is 327 g/mol. The summed E-state index contributed by atoms with van der Waals surface area (Å²) in [6, 6.07) is 5.19. The number of carbonyl (C=O) groups is 2. The zero-order valence-corrected chi connectivity index (χ0v) is 13.4. The number of rotatable bonds is 8. The van der Waals surface area contributed by atoms with Crippen molar-refractivity contribution in [3.63, 3.8) is 0 Å². The summed E-state index contributed by atoms with van der Waals surface area (Å²) in [4.78, 5) is 23.2. The van der Waals surface area contributed by atoms with Gasteiger partial charge in [-0.1, -0.05) is 25.5 Å². The molecule has 0 radical (unpaired) electrons.